The Morgan fingerprint density at radius 3 is 2.54 bits per heavy atom. The lowest BCUT2D eigenvalue weighted by molar-refractivity contribution is 0.319. The van der Waals surface area contributed by atoms with Crippen molar-refractivity contribution in [3.63, 3.8) is 0 Å². The summed E-state index contributed by atoms with van der Waals surface area (Å²) >= 11 is 1.32. The molecule has 0 atom stereocenters. The van der Waals surface area contributed by atoms with Gasteiger partial charge in [-0.3, -0.25) is 0 Å². The summed E-state index contributed by atoms with van der Waals surface area (Å²) in [5.74, 6) is 1.62. The minimum atomic E-state index is 0.415. The molecule has 1 heterocycles. The second-order valence-electron chi connectivity index (χ2n) is 4.80. The van der Waals surface area contributed by atoms with E-state index < -0.39 is 0 Å². The van der Waals surface area contributed by atoms with E-state index in [1.54, 1.807) is 7.11 Å². The van der Waals surface area contributed by atoms with Crippen molar-refractivity contribution in [3.8, 4) is 17.2 Å². The number of ether oxygens (including phenoxy) is 1. The van der Waals surface area contributed by atoms with Gasteiger partial charge in [-0.05, 0) is 24.3 Å². The summed E-state index contributed by atoms with van der Waals surface area (Å²) in [6, 6.07) is 16.8. The van der Waals surface area contributed by atoms with Gasteiger partial charge in [0.15, 0.2) is 0 Å². The van der Waals surface area contributed by atoms with Gasteiger partial charge in [0.25, 0.3) is 5.22 Å². The number of aromatic nitrogens is 2. The Hall–Kier alpha value is -2.80. The van der Waals surface area contributed by atoms with Crippen LogP contribution in [0.5, 0.6) is 5.75 Å². The summed E-state index contributed by atoms with van der Waals surface area (Å²) in [6.45, 7) is 0. The number of nitrogens with zero attached hydrogens (tertiary/aromatic N) is 3. The van der Waals surface area contributed by atoms with Crippen LogP contribution in [-0.4, -0.2) is 34.0 Å². The second kappa shape index (κ2) is 7.65. The van der Waals surface area contributed by atoms with Crippen molar-refractivity contribution >= 4 is 17.5 Å². The third-order valence-electron chi connectivity index (χ3n) is 3.30. The predicted molar refractivity (Wildman–Crippen MR) is 91.8 cm³/mol. The lowest BCUT2D eigenvalue weighted by Crippen LogP contribution is -2.04. The van der Waals surface area contributed by atoms with Gasteiger partial charge in [0.1, 0.15) is 5.75 Å². The van der Waals surface area contributed by atoms with Crippen LogP contribution in [0.15, 0.2) is 69.4 Å². The smallest absolute Gasteiger partial charge is 0.277 e. The van der Waals surface area contributed by atoms with Crippen molar-refractivity contribution in [1.29, 1.82) is 0 Å². The predicted octanol–water partition coefficient (Wildman–Crippen LogP) is 3.72. The lowest BCUT2D eigenvalue weighted by atomic mass is 10.1. The van der Waals surface area contributed by atoms with E-state index in [0.717, 1.165) is 16.9 Å². The fraction of sp³-hybridized carbons (Fsp3) is 0.118. The molecule has 3 rings (SSSR count). The SMILES string of the molecule is COc1ccc(-c2nnc(SC/C(=N\O)c3ccccc3)o2)cc1. The van der Waals surface area contributed by atoms with E-state index in [1.165, 1.54) is 11.8 Å². The van der Waals surface area contributed by atoms with Crippen molar-refractivity contribution in [2.75, 3.05) is 12.9 Å². The number of methoxy groups -OCH3 is 1. The van der Waals surface area contributed by atoms with E-state index in [0.29, 0.717) is 22.6 Å². The molecule has 0 saturated heterocycles. The largest absolute Gasteiger partial charge is 0.497 e. The summed E-state index contributed by atoms with van der Waals surface area (Å²) < 4.78 is 10.8. The number of oxime groups is 1. The number of hydrogen-bond donors (Lipinski definition) is 1. The first kappa shape index (κ1) is 16.1. The number of rotatable bonds is 6. The lowest BCUT2D eigenvalue weighted by Gasteiger charge is -2.02. The Kier molecular flexibility index (Phi) is 5.12. The molecule has 0 spiro atoms. The van der Waals surface area contributed by atoms with Crippen LogP contribution >= 0.6 is 11.8 Å². The van der Waals surface area contributed by atoms with Crippen molar-refractivity contribution < 1.29 is 14.4 Å². The zero-order valence-electron chi connectivity index (χ0n) is 12.9. The molecule has 1 aromatic heterocycles. The summed E-state index contributed by atoms with van der Waals surface area (Å²) in [6.07, 6.45) is 0. The van der Waals surface area contributed by atoms with Crippen LogP contribution in [0.25, 0.3) is 11.5 Å². The number of hydrogen-bond acceptors (Lipinski definition) is 7. The maximum Gasteiger partial charge on any atom is 0.277 e. The maximum absolute atomic E-state index is 9.19. The third-order valence-corrected chi connectivity index (χ3v) is 4.13. The van der Waals surface area contributed by atoms with E-state index in [1.807, 2.05) is 54.6 Å². The quantitative estimate of drug-likeness (QED) is 0.318. The number of benzene rings is 2. The van der Waals surface area contributed by atoms with Gasteiger partial charge in [0.2, 0.25) is 5.89 Å². The topological polar surface area (TPSA) is 80.7 Å². The molecule has 0 saturated carbocycles. The molecule has 0 amide bonds. The molecule has 0 unspecified atom stereocenters. The van der Waals surface area contributed by atoms with Crippen LogP contribution in [0.4, 0.5) is 0 Å². The van der Waals surface area contributed by atoms with E-state index >= 15 is 0 Å². The highest BCUT2D eigenvalue weighted by Gasteiger charge is 2.12. The van der Waals surface area contributed by atoms with E-state index in [4.69, 9.17) is 9.15 Å². The fourth-order valence-corrected chi connectivity index (χ4v) is 2.77. The molecule has 2 aromatic carbocycles. The molecule has 3 aromatic rings. The van der Waals surface area contributed by atoms with Gasteiger partial charge in [0, 0.05) is 16.9 Å². The van der Waals surface area contributed by atoms with Gasteiger partial charge in [0.05, 0.1) is 12.8 Å². The minimum Gasteiger partial charge on any atom is -0.497 e. The summed E-state index contributed by atoms with van der Waals surface area (Å²) in [5, 5.41) is 21.0. The van der Waals surface area contributed by atoms with Crippen LogP contribution in [-0.2, 0) is 0 Å². The highest BCUT2D eigenvalue weighted by atomic mass is 32.2. The third kappa shape index (κ3) is 3.75. The van der Waals surface area contributed by atoms with Crippen LogP contribution in [0, 0.1) is 0 Å². The molecule has 1 N–H and O–H groups in total. The molecule has 0 aliphatic heterocycles. The molecule has 0 fully saturated rings. The van der Waals surface area contributed by atoms with E-state index in [2.05, 4.69) is 15.4 Å². The van der Waals surface area contributed by atoms with Gasteiger partial charge in [-0.15, -0.1) is 10.2 Å². The zero-order valence-corrected chi connectivity index (χ0v) is 13.7. The molecule has 24 heavy (non-hydrogen) atoms. The Labute approximate surface area is 143 Å². The molecule has 122 valence electrons. The highest BCUT2D eigenvalue weighted by molar-refractivity contribution is 7.99. The van der Waals surface area contributed by atoms with Gasteiger partial charge in [-0.25, -0.2) is 0 Å². The van der Waals surface area contributed by atoms with Crippen LogP contribution in [0.1, 0.15) is 5.56 Å². The standard InChI is InChI=1S/C17H15N3O3S/c1-22-14-9-7-13(8-10-14)16-18-19-17(23-16)24-11-15(20-21)12-5-3-2-4-6-12/h2-10,21H,11H2,1H3/b20-15+. The first-order valence-corrected chi connectivity index (χ1v) is 8.16. The summed E-state index contributed by atoms with van der Waals surface area (Å²) in [4.78, 5) is 0. The average molecular weight is 341 g/mol. The van der Waals surface area contributed by atoms with Crippen LogP contribution < -0.4 is 4.74 Å². The molecule has 7 heteroatoms. The van der Waals surface area contributed by atoms with Gasteiger partial charge in [-0.1, -0.05) is 47.2 Å². The van der Waals surface area contributed by atoms with Crippen LogP contribution in [0.2, 0.25) is 0 Å². The summed E-state index contributed by atoms with van der Waals surface area (Å²) in [5.41, 5.74) is 2.21. The van der Waals surface area contributed by atoms with E-state index in [-0.39, 0.29) is 0 Å². The van der Waals surface area contributed by atoms with Gasteiger partial charge >= 0.3 is 0 Å². The molecule has 0 aliphatic rings. The molecule has 0 radical (unpaired) electrons. The molecule has 0 bridgehead atoms. The van der Waals surface area contributed by atoms with E-state index in [9.17, 15) is 5.21 Å². The van der Waals surface area contributed by atoms with Crippen molar-refractivity contribution in [3.05, 3.63) is 60.2 Å². The van der Waals surface area contributed by atoms with Crippen molar-refractivity contribution in [2.24, 2.45) is 5.16 Å². The van der Waals surface area contributed by atoms with Crippen molar-refractivity contribution in [1.82, 2.24) is 10.2 Å². The number of thioether (sulfide) groups is 1. The summed E-state index contributed by atoms with van der Waals surface area (Å²) in [7, 11) is 1.61. The molecule has 0 aliphatic carbocycles. The normalized spacial score (nSPS) is 11.5. The van der Waals surface area contributed by atoms with Gasteiger partial charge in [-0.2, -0.15) is 0 Å². The van der Waals surface area contributed by atoms with Crippen LogP contribution in [0.3, 0.4) is 0 Å². The molecular formula is C17H15N3O3S. The van der Waals surface area contributed by atoms with Crippen molar-refractivity contribution in [2.45, 2.75) is 5.22 Å². The monoisotopic (exact) mass is 341 g/mol. The average Bonchev–Trinajstić information content (AvgIpc) is 3.12. The second-order valence-corrected chi connectivity index (χ2v) is 5.73. The first-order chi connectivity index (χ1) is 11.8. The van der Waals surface area contributed by atoms with Gasteiger partial charge < -0.3 is 14.4 Å². The minimum absolute atomic E-state index is 0.415. The zero-order chi connectivity index (χ0) is 16.8. The molecule has 6 nitrogen and oxygen atoms in total. The highest BCUT2D eigenvalue weighted by Crippen LogP contribution is 2.25. The Morgan fingerprint density at radius 2 is 1.88 bits per heavy atom. The molecular weight excluding hydrogens is 326 g/mol. The fourth-order valence-electron chi connectivity index (χ4n) is 2.05. The Morgan fingerprint density at radius 1 is 1.12 bits per heavy atom. The maximum atomic E-state index is 9.19. The Balaban J connectivity index is 1.67. The first-order valence-electron chi connectivity index (χ1n) is 7.17. The Bertz CT molecular complexity index is 817.